The normalized spacial score (nSPS) is 35.3. The lowest BCUT2D eigenvalue weighted by atomic mass is 9.44. The van der Waals surface area contributed by atoms with Crippen molar-refractivity contribution in [3.05, 3.63) is 77.9 Å². The molecule has 1 aromatic rings. The number of allylic oxidation sites excluding steroid dienone is 7. The summed E-state index contributed by atoms with van der Waals surface area (Å²) in [4.78, 5) is 25.2. The van der Waals surface area contributed by atoms with Crippen molar-refractivity contribution < 1.29 is 14.3 Å². The molecule has 0 aromatic heterocycles. The van der Waals surface area contributed by atoms with Gasteiger partial charge in [0, 0.05) is 11.1 Å². The van der Waals surface area contributed by atoms with Crippen molar-refractivity contribution in [1.29, 1.82) is 0 Å². The van der Waals surface area contributed by atoms with E-state index < -0.39 is 6.10 Å². The molecule has 0 radical (unpaired) electrons. The quantitative estimate of drug-likeness (QED) is 0.794. The second-order valence-electron chi connectivity index (χ2n) is 8.93. The Bertz CT molecular complexity index is 982. The number of hydrogen-bond acceptors (Lipinski definition) is 3. The summed E-state index contributed by atoms with van der Waals surface area (Å²) in [6.07, 6.45) is 17.6. The van der Waals surface area contributed by atoms with Gasteiger partial charge in [0.15, 0.2) is 6.10 Å². The van der Waals surface area contributed by atoms with E-state index in [9.17, 15) is 9.59 Å². The maximum atomic E-state index is 12.7. The van der Waals surface area contributed by atoms with E-state index in [2.05, 4.69) is 10.6 Å². The molecule has 30 heavy (non-hydrogen) atoms. The minimum absolute atomic E-state index is 0.0335. The second kappa shape index (κ2) is 7.31. The highest BCUT2D eigenvalue weighted by atomic mass is 16.5. The van der Waals surface area contributed by atoms with Gasteiger partial charge in [-0.3, -0.25) is 9.59 Å². The van der Waals surface area contributed by atoms with E-state index in [4.69, 9.17) is 4.74 Å². The highest BCUT2D eigenvalue weighted by molar-refractivity contribution is 5.84. The minimum atomic E-state index is -0.431. The number of para-hydroxylation sites is 1. The molecular formula is C25H26N2O3. The highest BCUT2D eigenvalue weighted by Crippen LogP contribution is 2.60. The minimum Gasteiger partial charge on any atom is -0.480 e. The number of aryl methyl sites for hydroxylation is 1. The number of benzene rings is 1. The fourth-order valence-corrected chi connectivity index (χ4v) is 5.15. The predicted octanol–water partition coefficient (Wildman–Crippen LogP) is 3.29. The first-order chi connectivity index (χ1) is 14.5. The van der Waals surface area contributed by atoms with Crippen LogP contribution in [0.25, 0.3) is 0 Å². The summed E-state index contributed by atoms with van der Waals surface area (Å²) in [7, 11) is 0. The Morgan fingerprint density at radius 2 is 1.70 bits per heavy atom. The number of fused-ring (bicyclic) bond motifs is 1. The topological polar surface area (TPSA) is 67.4 Å². The van der Waals surface area contributed by atoms with E-state index in [0.717, 1.165) is 42.6 Å². The highest BCUT2D eigenvalue weighted by Gasteiger charge is 2.69. The number of amides is 2. The number of hydrogen-bond donors (Lipinski definition) is 2. The van der Waals surface area contributed by atoms with Crippen LogP contribution in [0.2, 0.25) is 0 Å². The van der Waals surface area contributed by atoms with Gasteiger partial charge in [0.1, 0.15) is 5.75 Å². The third-order valence-corrected chi connectivity index (χ3v) is 6.46. The molecule has 5 heteroatoms. The Labute approximate surface area is 176 Å². The first-order valence-corrected chi connectivity index (χ1v) is 10.6. The molecule has 2 amide bonds. The molecule has 0 saturated heterocycles. The Kier molecular flexibility index (Phi) is 4.61. The molecule has 1 atom stereocenters. The van der Waals surface area contributed by atoms with Crippen LogP contribution >= 0.6 is 0 Å². The molecule has 4 aliphatic carbocycles. The van der Waals surface area contributed by atoms with Crippen LogP contribution in [-0.2, 0) is 16.0 Å². The van der Waals surface area contributed by atoms with Gasteiger partial charge >= 0.3 is 0 Å². The van der Waals surface area contributed by atoms with Crippen molar-refractivity contribution in [3.8, 4) is 5.75 Å². The van der Waals surface area contributed by atoms with Crippen molar-refractivity contribution in [1.82, 2.24) is 10.6 Å². The first kappa shape index (κ1) is 18.9. The molecule has 5 aliphatic rings. The summed E-state index contributed by atoms with van der Waals surface area (Å²) in [6, 6.07) is 7.90. The third kappa shape index (κ3) is 3.60. The van der Waals surface area contributed by atoms with Gasteiger partial charge in [-0.1, -0.05) is 60.7 Å². The first-order valence-electron chi connectivity index (χ1n) is 10.6. The summed E-state index contributed by atoms with van der Waals surface area (Å²) in [5.74, 6) is 0.817. The maximum absolute atomic E-state index is 12.7. The van der Waals surface area contributed by atoms with E-state index in [1.54, 1.807) is 0 Å². The Morgan fingerprint density at radius 3 is 2.57 bits per heavy atom. The summed E-state index contributed by atoms with van der Waals surface area (Å²) in [6.45, 7) is 0. The number of rotatable bonds is 5. The average molecular weight is 402 g/mol. The number of ether oxygens (including phenoxy) is 1. The van der Waals surface area contributed by atoms with Crippen LogP contribution in [0.4, 0.5) is 0 Å². The molecule has 1 unspecified atom stereocenters. The van der Waals surface area contributed by atoms with Gasteiger partial charge in [-0.15, -0.1) is 0 Å². The molecule has 154 valence electrons. The zero-order valence-corrected chi connectivity index (χ0v) is 16.9. The van der Waals surface area contributed by atoms with Crippen molar-refractivity contribution >= 4 is 11.8 Å². The van der Waals surface area contributed by atoms with Crippen molar-refractivity contribution in [2.24, 2.45) is 0 Å². The fraction of sp³-hybridized carbons (Fsp3) is 0.360. The summed E-state index contributed by atoms with van der Waals surface area (Å²) in [5, 5.41) is 6.39. The fourth-order valence-electron chi connectivity index (χ4n) is 5.15. The Balaban J connectivity index is 1.11. The molecule has 2 N–H and O–H groups in total. The van der Waals surface area contributed by atoms with Crippen molar-refractivity contribution in [2.75, 3.05) is 0 Å². The second-order valence-corrected chi connectivity index (χ2v) is 8.93. The van der Waals surface area contributed by atoms with E-state index in [-0.39, 0.29) is 22.9 Å². The standard InChI is InChI=1S/C25H26N2O3/c28-22(14-18-8-4-2-1-3-5-9-18)26-24-15-25(16-24,17-24)27-23(29)21-13-12-19-10-6-7-11-20(19)30-21/h1-11,21H,12-17H2,(H,26,28)(H,27,29)/b2-1-,3-1?,4-2?,5-3-,8-4-,9-5?,18-8?,18-9+. The molecule has 1 heterocycles. The SMILES string of the molecule is O=C(CC1=C/C=C\C=C/C=C\1)NC12CC(NC(=O)C3CCc4ccccc4O3)(C1)C2. The lowest BCUT2D eigenvalue weighted by Crippen LogP contribution is -2.84. The summed E-state index contributed by atoms with van der Waals surface area (Å²) >= 11 is 0. The van der Waals surface area contributed by atoms with Crippen LogP contribution in [-0.4, -0.2) is 29.0 Å². The van der Waals surface area contributed by atoms with Gasteiger partial charge in [0.2, 0.25) is 5.91 Å². The summed E-state index contributed by atoms with van der Waals surface area (Å²) in [5.41, 5.74) is 1.83. The molecule has 2 bridgehead atoms. The van der Waals surface area contributed by atoms with Crippen LogP contribution in [0.3, 0.4) is 0 Å². The van der Waals surface area contributed by atoms with Crippen LogP contribution in [0, 0.1) is 0 Å². The molecule has 5 nitrogen and oxygen atoms in total. The Hall–Kier alpha value is -3.08. The number of nitrogens with one attached hydrogen (secondary N) is 2. The molecule has 6 rings (SSSR count). The number of carbonyl (C=O) groups excluding carboxylic acids is 2. The van der Waals surface area contributed by atoms with Gasteiger partial charge in [-0.2, -0.15) is 0 Å². The van der Waals surface area contributed by atoms with E-state index in [0.29, 0.717) is 12.8 Å². The van der Waals surface area contributed by atoms with Gasteiger partial charge in [-0.05, 0) is 49.3 Å². The van der Waals surface area contributed by atoms with Crippen LogP contribution in [0.1, 0.15) is 37.7 Å². The monoisotopic (exact) mass is 402 g/mol. The molecule has 3 fully saturated rings. The molecular weight excluding hydrogens is 376 g/mol. The maximum Gasteiger partial charge on any atom is 0.261 e. The summed E-state index contributed by atoms with van der Waals surface area (Å²) < 4.78 is 5.91. The van der Waals surface area contributed by atoms with Crippen molar-refractivity contribution in [3.63, 3.8) is 0 Å². The molecule has 0 spiro atoms. The number of carbonyl (C=O) groups is 2. The predicted molar refractivity (Wildman–Crippen MR) is 115 cm³/mol. The van der Waals surface area contributed by atoms with Gasteiger partial charge in [0.25, 0.3) is 5.91 Å². The van der Waals surface area contributed by atoms with Crippen LogP contribution in [0.15, 0.2) is 72.4 Å². The van der Waals surface area contributed by atoms with E-state index in [1.807, 2.05) is 66.8 Å². The molecule has 1 aromatic carbocycles. The van der Waals surface area contributed by atoms with Gasteiger partial charge in [-0.25, -0.2) is 0 Å². The zero-order valence-electron chi connectivity index (χ0n) is 16.9. The molecule has 3 saturated carbocycles. The van der Waals surface area contributed by atoms with Crippen molar-refractivity contribution in [2.45, 2.75) is 55.7 Å². The Morgan fingerprint density at radius 1 is 0.967 bits per heavy atom. The average Bonchev–Trinajstić information content (AvgIpc) is 2.67. The van der Waals surface area contributed by atoms with E-state index in [1.165, 1.54) is 0 Å². The van der Waals surface area contributed by atoms with Gasteiger partial charge < -0.3 is 15.4 Å². The zero-order chi connectivity index (χ0) is 20.6. The third-order valence-electron chi connectivity index (χ3n) is 6.46. The molecule has 1 aliphatic heterocycles. The smallest absolute Gasteiger partial charge is 0.261 e. The lowest BCUT2D eigenvalue weighted by Gasteiger charge is -2.70. The van der Waals surface area contributed by atoms with E-state index >= 15 is 0 Å². The van der Waals surface area contributed by atoms with Crippen LogP contribution in [0.5, 0.6) is 5.75 Å². The largest absolute Gasteiger partial charge is 0.480 e. The van der Waals surface area contributed by atoms with Crippen LogP contribution < -0.4 is 15.4 Å². The van der Waals surface area contributed by atoms with Gasteiger partial charge in [0.05, 0.1) is 6.42 Å². The lowest BCUT2D eigenvalue weighted by molar-refractivity contribution is -0.153.